The highest BCUT2D eigenvalue weighted by atomic mass is 14.7. The summed E-state index contributed by atoms with van der Waals surface area (Å²) < 4.78 is 0. The van der Waals surface area contributed by atoms with E-state index < -0.39 is 0 Å². The van der Waals surface area contributed by atoms with Crippen molar-refractivity contribution >= 4 is 10.9 Å². The van der Waals surface area contributed by atoms with Crippen LogP contribution in [-0.4, -0.2) is 4.98 Å². The zero-order valence-electron chi connectivity index (χ0n) is 11.8. The Labute approximate surface area is 120 Å². The summed E-state index contributed by atoms with van der Waals surface area (Å²) in [6, 6.07) is 23.3. The first-order valence-electron chi connectivity index (χ1n) is 7.22. The normalized spacial score (nSPS) is 12.4. The number of aromatic nitrogens is 1. The number of pyridine rings is 1. The summed E-state index contributed by atoms with van der Waals surface area (Å²) in [7, 11) is 0. The molecule has 0 saturated carbocycles. The van der Waals surface area contributed by atoms with Crippen molar-refractivity contribution in [3.05, 3.63) is 78.0 Å². The van der Waals surface area contributed by atoms with Crippen LogP contribution >= 0.6 is 0 Å². The molecule has 1 atom stereocenters. The standard InChI is InChI=1S/C19H19N/c1-15(11-12-16-7-3-2-4-8-16)18-14-13-17-9-5-6-10-19(17)20-18/h2-10,13-15H,11-12H2,1H3. The molecule has 1 aromatic heterocycles. The molecule has 0 saturated heterocycles. The number of hydrogen-bond donors (Lipinski definition) is 0. The van der Waals surface area contributed by atoms with Crippen LogP contribution in [0.15, 0.2) is 66.7 Å². The van der Waals surface area contributed by atoms with E-state index in [1.165, 1.54) is 16.6 Å². The van der Waals surface area contributed by atoms with Crippen LogP contribution in [-0.2, 0) is 6.42 Å². The third kappa shape index (κ3) is 2.88. The van der Waals surface area contributed by atoms with Gasteiger partial charge in [-0.15, -0.1) is 0 Å². The second-order valence-corrected chi connectivity index (χ2v) is 5.35. The second kappa shape index (κ2) is 5.87. The molecule has 3 aromatic rings. The summed E-state index contributed by atoms with van der Waals surface area (Å²) in [4.78, 5) is 4.79. The first-order chi connectivity index (χ1) is 9.83. The third-order valence-corrected chi connectivity index (χ3v) is 3.83. The zero-order chi connectivity index (χ0) is 13.8. The largest absolute Gasteiger partial charge is 0.253 e. The molecule has 100 valence electrons. The molecule has 0 N–H and O–H groups in total. The van der Waals surface area contributed by atoms with Gasteiger partial charge in [0.05, 0.1) is 5.52 Å². The molecular weight excluding hydrogens is 242 g/mol. The van der Waals surface area contributed by atoms with Crippen molar-refractivity contribution < 1.29 is 0 Å². The highest BCUT2D eigenvalue weighted by Gasteiger charge is 2.08. The molecular formula is C19H19N. The van der Waals surface area contributed by atoms with Crippen molar-refractivity contribution in [1.29, 1.82) is 0 Å². The third-order valence-electron chi connectivity index (χ3n) is 3.83. The molecule has 20 heavy (non-hydrogen) atoms. The van der Waals surface area contributed by atoms with Gasteiger partial charge in [-0.05, 0) is 36.5 Å². The number of fused-ring (bicyclic) bond motifs is 1. The van der Waals surface area contributed by atoms with Crippen LogP contribution in [0, 0.1) is 0 Å². The van der Waals surface area contributed by atoms with Crippen LogP contribution in [0.3, 0.4) is 0 Å². The summed E-state index contributed by atoms with van der Waals surface area (Å²) in [6.07, 6.45) is 2.24. The van der Waals surface area contributed by atoms with Crippen LogP contribution in [0.25, 0.3) is 10.9 Å². The van der Waals surface area contributed by atoms with E-state index in [-0.39, 0.29) is 0 Å². The molecule has 0 aliphatic rings. The first-order valence-corrected chi connectivity index (χ1v) is 7.22. The summed E-state index contributed by atoms with van der Waals surface area (Å²) in [5.41, 5.74) is 3.69. The number of benzene rings is 2. The minimum atomic E-state index is 0.486. The predicted molar refractivity (Wildman–Crippen MR) is 84.9 cm³/mol. The van der Waals surface area contributed by atoms with Gasteiger partial charge in [0.2, 0.25) is 0 Å². The predicted octanol–water partition coefficient (Wildman–Crippen LogP) is 4.97. The van der Waals surface area contributed by atoms with Gasteiger partial charge in [0, 0.05) is 11.1 Å². The molecule has 0 amide bonds. The Bertz CT molecular complexity index is 688. The van der Waals surface area contributed by atoms with E-state index in [2.05, 4.69) is 67.6 Å². The zero-order valence-corrected chi connectivity index (χ0v) is 11.8. The topological polar surface area (TPSA) is 12.9 Å². The average Bonchev–Trinajstić information content (AvgIpc) is 2.53. The summed E-state index contributed by atoms with van der Waals surface area (Å²) in [5, 5.41) is 1.21. The van der Waals surface area contributed by atoms with Crippen molar-refractivity contribution in [1.82, 2.24) is 4.98 Å². The van der Waals surface area contributed by atoms with Gasteiger partial charge in [0.25, 0.3) is 0 Å². The molecule has 0 radical (unpaired) electrons. The minimum absolute atomic E-state index is 0.486. The van der Waals surface area contributed by atoms with Crippen molar-refractivity contribution in [2.75, 3.05) is 0 Å². The van der Waals surface area contributed by atoms with E-state index in [0.29, 0.717) is 5.92 Å². The highest BCUT2D eigenvalue weighted by Crippen LogP contribution is 2.22. The lowest BCUT2D eigenvalue weighted by Crippen LogP contribution is -1.99. The minimum Gasteiger partial charge on any atom is -0.253 e. The number of hydrogen-bond acceptors (Lipinski definition) is 1. The summed E-state index contributed by atoms with van der Waals surface area (Å²) in [6.45, 7) is 2.26. The van der Waals surface area contributed by atoms with Gasteiger partial charge in [0.15, 0.2) is 0 Å². The van der Waals surface area contributed by atoms with Crippen LogP contribution in [0.1, 0.15) is 30.5 Å². The molecule has 1 nitrogen and oxygen atoms in total. The Balaban J connectivity index is 1.73. The number of para-hydroxylation sites is 1. The van der Waals surface area contributed by atoms with Crippen molar-refractivity contribution in [2.45, 2.75) is 25.7 Å². The van der Waals surface area contributed by atoms with Crippen molar-refractivity contribution in [2.24, 2.45) is 0 Å². The molecule has 0 bridgehead atoms. The van der Waals surface area contributed by atoms with Gasteiger partial charge in [0.1, 0.15) is 0 Å². The first kappa shape index (κ1) is 12.9. The van der Waals surface area contributed by atoms with E-state index in [1.54, 1.807) is 0 Å². The maximum absolute atomic E-state index is 4.79. The van der Waals surface area contributed by atoms with Gasteiger partial charge >= 0.3 is 0 Å². The van der Waals surface area contributed by atoms with Gasteiger partial charge in [-0.1, -0.05) is 61.5 Å². The number of rotatable bonds is 4. The molecule has 0 fully saturated rings. The molecule has 0 spiro atoms. The van der Waals surface area contributed by atoms with Crippen LogP contribution < -0.4 is 0 Å². The van der Waals surface area contributed by atoms with Gasteiger partial charge < -0.3 is 0 Å². The summed E-state index contributed by atoms with van der Waals surface area (Å²) in [5.74, 6) is 0.486. The van der Waals surface area contributed by atoms with E-state index in [4.69, 9.17) is 4.98 Å². The average molecular weight is 261 g/mol. The van der Waals surface area contributed by atoms with E-state index >= 15 is 0 Å². The molecule has 3 rings (SSSR count). The fraction of sp³-hybridized carbons (Fsp3) is 0.211. The van der Waals surface area contributed by atoms with E-state index in [9.17, 15) is 0 Å². The Hall–Kier alpha value is -2.15. The van der Waals surface area contributed by atoms with Crippen LogP contribution in [0.5, 0.6) is 0 Å². The Morgan fingerprint density at radius 1 is 0.850 bits per heavy atom. The molecule has 1 heteroatoms. The lowest BCUT2D eigenvalue weighted by Gasteiger charge is -2.11. The lowest BCUT2D eigenvalue weighted by molar-refractivity contribution is 0.663. The van der Waals surface area contributed by atoms with E-state index in [0.717, 1.165) is 18.4 Å². The number of aryl methyl sites for hydroxylation is 1. The van der Waals surface area contributed by atoms with Crippen LogP contribution in [0.2, 0.25) is 0 Å². The fourth-order valence-corrected chi connectivity index (χ4v) is 2.53. The fourth-order valence-electron chi connectivity index (χ4n) is 2.53. The highest BCUT2D eigenvalue weighted by molar-refractivity contribution is 5.78. The van der Waals surface area contributed by atoms with Crippen molar-refractivity contribution in [3.8, 4) is 0 Å². The smallest absolute Gasteiger partial charge is 0.0705 e. The SMILES string of the molecule is CC(CCc1ccccc1)c1ccc2ccccc2n1. The lowest BCUT2D eigenvalue weighted by atomic mass is 9.97. The molecule has 0 aliphatic heterocycles. The second-order valence-electron chi connectivity index (χ2n) is 5.35. The summed E-state index contributed by atoms with van der Waals surface area (Å²) >= 11 is 0. The van der Waals surface area contributed by atoms with Gasteiger partial charge in [-0.3, -0.25) is 4.98 Å². The van der Waals surface area contributed by atoms with Crippen molar-refractivity contribution in [3.63, 3.8) is 0 Å². The van der Waals surface area contributed by atoms with Crippen LogP contribution in [0.4, 0.5) is 0 Å². The van der Waals surface area contributed by atoms with Gasteiger partial charge in [-0.25, -0.2) is 0 Å². The Kier molecular flexibility index (Phi) is 3.78. The molecule has 2 aromatic carbocycles. The quantitative estimate of drug-likeness (QED) is 0.646. The molecule has 0 aliphatic carbocycles. The molecule has 1 heterocycles. The Morgan fingerprint density at radius 3 is 2.45 bits per heavy atom. The van der Waals surface area contributed by atoms with E-state index in [1.807, 2.05) is 6.07 Å². The van der Waals surface area contributed by atoms with Gasteiger partial charge in [-0.2, -0.15) is 0 Å². The maximum Gasteiger partial charge on any atom is 0.0705 e. The molecule has 1 unspecified atom stereocenters. The Morgan fingerprint density at radius 2 is 1.60 bits per heavy atom. The number of nitrogens with zero attached hydrogens (tertiary/aromatic N) is 1. The maximum atomic E-state index is 4.79. The monoisotopic (exact) mass is 261 g/mol.